The molecule has 0 aromatic heterocycles. The van der Waals surface area contributed by atoms with Gasteiger partial charge in [0.25, 0.3) is 0 Å². The lowest BCUT2D eigenvalue weighted by atomic mass is 9.47. The normalized spacial score (nSPS) is 48.7. The zero-order valence-corrected chi connectivity index (χ0v) is 14.8. The topological polar surface area (TPSA) is 37.3 Å². The zero-order chi connectivity index (χ0) is 16.4. The monoisotopic (exact) mass is 314 g/mol. The largest absolute Gasteiger partial charge is 0.393 e. The van der Waals surface area contributed by atoms with Crippen molar-refractivity contribution in [2.24, 2.45) is 28.6 Å². The minimum absolute atomic E-state index is 0.114. The maximum atomic E-state index is 12.1. The van der Waals surface area contributed by atoms with Gasteiger partial charge in [-0.2, -0.15) is 0 Å². The number of ketones is 1. The van der Waals surface area contributed by atoms with Crippen LogP contribution in [0.5, 0.6) is 0 Å². The Labute approximate surface area is 140 Å². The van der Waals surface area contributed by atoms with Crippen molar-refractivity contribution in [3.8, 4) is 0 Å². The third kappa shape index (κ3) is 2.06. The number of allylic oxidation sites excluding steroid dienone is 3. The number of carbonyl (C=O) groups is 1. The first-order valence-electron chi connectivity index (χ1n) is 9.45. The van der Waals surface area contributed by atoms with Gasteiger partial charge in [0.1, 0.15) is 0 Å². The van der Waals surface area contributed by atoms with Crippen molar-refractivity contribution in [3.05, 3.63) is 23.3 Å². The summed E-state index contributed by atoms with van der Waals surface area (Å²) in [4.78, 5) is 12.1. The molecule has 0 saturated heterocycles. The lowest BCUT2D eigenvalue weighted by Crippen LogP contribution is -2.50. The highest BCUT2D eigenvalue weighted by molar-refractivity contribution is 5.95. The maximum absolute atomic E-state index is 12.1. The first-order chi connectivity index (χ1) is 10.9. The third-order valence-electron chi connectivity index (χ3n) is 8.04. The summed E-state index contributed by atoms with van der Waals surface area (Å²) in [6.45, 7) is 6.55. The van der Waals surface area contributed by atoms with E-state index in [1.165, 1.54) is 12.0 Å². The molecule has 126 valence electrons. The summed E-state index contributed by atoms with van der Waals surface area (Å²) in [5.74, 6) is 2.38. The number of Topliss-reactive ketones (excluding diaryl/α,β-unsaturated/α-hetero) is 1. The van der Waals surface area contributed by atoms with Crippen LogP contribution in [0.1, 0.15) is 65.7 Å². The summed E-state index contributed by atoms with van der Waals surface area (Å²) in [7, 11) is 0. The Balaban J connectivity index is 1.67. The van der Waals surface area contributed by atoms with Crippen molar-refractivity contribution >= 4 is 5.78 Å². The second-order valence-electron chi connectivity index (χ2n) is 9.02. The van der Waals surface area contributed by atoms with E-state index in [2.05, 4.69) is 26.0 Å². The molecule has 2 saturated carbocycles. The number of aliphatic hydroxyl groups is 1. The summed E-state index contributed by atoms with van der Waals surface area (Å²) in [5, 5.41) is 10.1. The molecule has 0 aromatic carbocycles. The summed E-state index contributed by atoms with van der Waals surface area (Å²) >= 11 is 0. The van der Waals surface area contributed by atoms with E-state index >= 15 is 0 Å². The van der Waals surface area contributed by atoms with Gasteiger partial charge in [0.15, 0.2) is 5.78 Å². The van der Waals surface area contributed by atoms with Crippen LogP contribution < -0.4 is 0 Å². The van der Waals surface area contributed by atoms with Crippen LogP contribution in [-0.4, -0.2) is 17.0 Å². The van der Waals surface area contributed by atoms with E-state index in [9.17, 15) is 9.90 Å². The van der Waals surface area contributed by atoms with E-state index in [0.717, 1.165) is 50.0 Å². The highest BCUT2D eigenvalue weighted by Gasteiger charge is 2.57. The molecule has 2 fully saturated rings. The Morgan fingerprint density at radius 2 is 1.83 bits per heavy atom. The SMILES string of the molecule is CC(=O)C1=CC[C@H]2[C@@H]3CC=C4C[C@@H](O)CC[C@]4(C)[C@H]3CC[C@]12C. The summed E-state index contributed by atoms with van der Waals surface area (Å²) in [6.07, 6.45) is 12.2. The molecule has 4 rings (SSSR count). The van der Waals surface area contributed by atoms with Gasteiger partial charge >= 0.3 is 0 Å². The number of hydrogen-bond donors (Lipinski definition) is 1. The molecular weight excluding hydrogens is 284 g/mol. The van der Waals surface area contributed by atoms with Crippen molar-refractivity contribution in [2.75, 3.05) is 0 Å². The summed E-state index contributed by atoms with van der Waals surface area (Å²) in [6, 6.07) is 0. The van der Waals surface area contributed by atoms with E-state index in [0.29, 0.717) is 17.3 Å². The Hall–Kier alpha value is -0.890. The van der Waals surface area contributed by atoms with Gasteiger partial charge in [0.2, 0.25) is 0 Å². The number of rotatable bonds is 1. The predicted molar refractivity (Wildman–Crippen MR) is 91.9 cm³/mol. The van der Waals surface area contributed by atoms with Gasteiger partial charge in [-0.3, -0.25) is 4.79 Å². The quantitative estimate of drug-likeness (QED) is 0.727. The minimum Gasteiger partial charge on any atom is -0.393 e. The molecule has 0 aromatic rings. The second-order valence-corrected chi connectivity index (χ2v) is 9.02. The lowest BCUT2D eigenvalue weighted by molar-refractivity contribution is -0.115. The Bertz CT molecular complexity index is 601. The van der Waals surface area contributed by atoms with Crippen LogP contribution in [-0.2, 0) is 4.79 Å². The molecule has 2 nitrogen and oxygen atoms in total. The van der Waals surface area contributed by atoms with Crippen molar-refractivity contribution in [3.63, 3.8) is 0 Å². The average Bonchev–Trinajstić information content (AvgIpc) is 2.85. The van der Waals surface area contributed by atoms with Gasteiger partial charge in [0, 0.05) is 0 Å². The standard InChI is InChI=1S/C21H30O2/c1-13(22)17-6-7-18-16-5-4-14-12-15(23)8-10-20(14,2)19(16)9-11-21(17,18)3/h4,6,15-16,18-19,23H,5,7-12H2,1-3H3/t15-,16-,18-,19-,20-,21+/m0/s1. The molecule has 23 heavy (non-hydrogen) atoms. The smallest absolute Gasteiger partial charge is 0.156 e. The van der Waals surface area contributed by atoms with Gasteiger partial charge in [-0.1, -0.05) is 31.6 Å². The fraction of sp³-hybridized carbons (Fsp3) is 0.762. The van der Waals surface area contributed by atoms with Crippen LogP contribution in [0.2, 0.25) is 0 Å². The van der Waals surface area contributed by atoms with Crippen molar-refractivity contribution < 1.29 is 9.90 Å². The molecule has 1 N–H and O–H groups in total. The van der Waals surface area contributed by atoms with E-state index in [4.69, 9.17) is 0 Å². The van der Waals surface area contributed by atoms with E-state index in [1.807, 2.05) is 0 Å². The zero-order valence-electron chi connectivity index (χ0n) is 14.8. The van der Waals surface area contributed by atoms with Gasteiger partial charge in [-0.15, -0.1) is 0 Å². The summed E-state index contributed by atoms with van der Waals surface area (Å²) in [5.41, 5.74) is 3.05. The molecular formula is C21H30O2. The first-order valence-corrected chi connectivity index (χ1v) is 9.45. The molecule has 4 aliphatic rings. The molecule has 2 heteroatoms. The molecule has 6 atom stereocenters. The second kappa shape index (κ2) is 5.05. The molecule has 0 unspecified atom stereocenters. The van der Waals surface area contributed by atoms with E-state index < -0.39 is 0 Å². The number of fused-ring (bicyclic) bond motifs is 5. The fourth-order valence-electron chi connectivity index (χ4n) is 6.75. The molecule has 0 aliphatic heterocycles. The maximum Gasteiger partial charge on any atom is 0.156 e. The summed E-state index contributed by atoms with van der Waals surface area (Å²) < 4.78 is 0. The number of aliphatic hydroxyl groups excluding tert-OH is 1. The van der Waals surface area contributed by atoms with Crippen LogP contribution in [0.25, 0.3) is 0 Å². The van der Waals surface area contributed by atoms with Crippen LogP contribution in [0.15, 0.2) is 23.3 Å². The van der Waals surface area contributed by atoms with Crippen molar-refractivity contribution in [1.29, 1.82) is 0 Å². The fourth-order valence-corrected chi connectivity index (χ4v) is 6.75. The molecule has 0 spiro atoms. The van der Waals surface area contributed by atoms with Crippen molar-refractivity contribution in [1.82, 2.24) is 0 Å². The number of hydrogen-bond acceptors (Lipinski definition) is 2. The molecule has 0 radical (unpaired) electrons. The average molecular weight is 314 g/mol. The minimum atomic E-state index is -0.128. The van der Waals surface area contributed by atoms with Crippen molar-refractivity contribution in [2.45, 2.75) is 71.8 Å². The molecule has 0 bridgehead atoms. The van der Waals surface area contributed by atoms with Crippen LogP contribution >= 0.6 is 0 Å². The van der Waals surface area contributed by atoms with E-state index in [1.54, 1.807) is 6.92 Å². The van der Waals surface area contributed by atoms with Gasteiger partial charge in [-0.25, -0.2) is 0 Å². The van der Waals surface area contributed by atoms with Crippen LogP contribution in [0.3, 0.4) is 0 Å². The first kappa shape index (κ1) is 15.6. The third-order valence-corrected chi connectivity index (χ3v) is 8.04. The Kier molecular flexibility index (Phi) is 3.43. The highest BCUT2D eigenvalue weighted by atomic mass is 16.3. The Morgan fingerprint density at radius 1 is 1.09 bits per heavy atom. The van der Waals surface area contributed by atoms with Gasteiger partial charge in [-0.05, 0) is 86.0 Å². The van der Waals surface area contributed by atoms with Gasteiger partial charge in [0.05, 0.1) is 6.10 Å². The molecule has 4 aliphatic carbocycles. The van der Waals surface area contributed by atoms with Crippen LogP contribution in [0.4, 0.5) is 0 Å². The molecule has 0 heterocycles. The van der Waals surface area contributed by atoms with Crippen LogP contribution in [0, 0.1) is 28.6 Å². The molecule has 0 amide bonds. The predicted octanol–water partition coefficient (Wildman–Crippen LogP) is 4.44. The van der Waals surface area contributed by atoms with Gasteiger partial charge < -0.3 is 5.11 Å². The lowest BCUT2D eigenvalue weighted by Gasteiger charge is -2.57. The Morgan fingerprint density at radius 3 is 2.57 bits per heavy atom. The highest BCUT2D eigenvalue weighted by Crippen LogP contribution is 2.64. The van der Waals surface area contributed by atoms with E-state index in [-0.39, 0.29) is 17.3 Å². The number of carbonyl (C=O) groups excluding carboxylic acids is 1.